The van der Waals surface area contributed by atoms with E-state index in [-0.39, 0.29) is 0 Å². The molecule has 0 aliphatic heterocycles. The lowest BCUT2D eigenvalue weighted by molar-refractivity contribution is 0.785. The van der Waals surface area contributed by atoms with Crippen LogP contribution in [0.25, 0.3) is 10.8 Å². The number of hydrogen-bond donors (Lipinski definition) is 1. The summed E-state index contributed by atoms with van der Waals surface area (Å²) in [5.41, 5.74) is 1.14. The zero-order valence-electron chi connectivity index (χ0n) is 10.1. The molecule has 2 aromatic rings. The molecule has 92 valence electrons. The molecule has 0 radical (unpaired) electrons. The van der Waals surface area contributed by atoms with Crippen molar-refractivity contribution in [3.63, 3.8) is 0 Å². The molecule has 0 saturated heterocycles. The van der Waals surface area contributed by atoms with Crippen LogP contribution >= 0.6 is 15.9 Å². The number of halogens is 1. The van der Waals surface area contributed by atoms with Crippen LogP contribution in [0.2, 0.25) is 0 Å². The second-order valence-corrected chi connectivity index (χ2v) is 5.16. The molecule has 0 atom stereocenters. The minimum absolute atomic E-state index is 0.646. The number of nitrogens with one attached hydrogen (secondary N) is 1. The van der Waals surface area contributed by atoms with Gasteiger partial charge in [-0.15, -0.1) is 0 Å². The van der Waals surface area contributed by atoms with Crippen LogP contribution < -0.4 is 5.32 Å². The molecule has 2 aromatic carbocycles. The van der Waals surface area contributed by atoms with Gasteiger partial charge < -0.3 is 5.32 Å². The van der Waals surface area contributed by atoms with Gasteiger partial charge in [0.05, 0.1) is 6.07 Å². The van der Waals surface area contributed by atoms with Crippen molar-refractivity contribution >= 4 is 32.4 Å². The van der Waals surface area contributed by atoms with Gasteiger partial charge >= 0.3 is 0 Å². The fraction of sp³-hybridized carbons (Fsp3) is 0.267. The van der Waals surface area contributed by atoms with Gasteiger partial charge in [0.25, 0.3) is 0 Å². The van der Waals surface area contributed by atoms with Crippen molar-refractivity contribution in [2.75, 3.05) is 11.9 Å². The van der Waals surface area contributed by atoms with Crippen LogP contribution in [0, 0.1) is 11.3 Å². The van der Waals surface area contributed by atoms with Crippen molar-refractivity contribution in [2.24, 2.45) is 0 Å². The van der Waals surface area contributed by atoms with E-state index in [1.54, 1.807) is 0 Å². The van der Waals surface area contributed by atoms with Gasteiger partial charge in [0, 0.05) is 23.1 Å². The Balaban J connectivity index is 1.98. The van der Waals surface area contributed by atoms with Crippen LogP contribution in [0.1, 0.15) is 19.3 Å². The third-order valence-corrected chi connectivity index (χ3v) is 3.34. The fourth-order valence-corrected chi connectivity index (χ4v) is 2.27. The Morgan fingerprint density at radius 2 is 1.83 bits per heavy atom. The van der Waals surface area contributed by atoms with Gasteiger partial charge in [0.1, 0.15) is 0 Å². The second-order valence-electron chi connectivity index (χ2n) is 4.25. The molecule has 0 aromatic heterocycles. The Hall–Kier alpha value is -1.53. The molecule has 0 heterocycles. The maximum absolute atomic E-state index is 8.45. The van der Waals surface area contributed by atoms with E-state index < -0.39 is 0 Å². The highest BCUT2D eigenvalue weighted by atomic mass is 79.9. The molecule has 1 N–H and O–H groups in total. The fourth-order valence-electron chi connectivity index (χ4n) is 1.89. The highest BCUT2D eigenvalue weighted by Crippen LogP contribution is 2.22. The Morgan fingerprint density at radius 1 is 1.06 bits per heavy atom. The van der Waals surface area contributed by atoms with Crippen molar-refractivity contribution in [1.82, 2.24) is 0 Å². The quantitative estimate of drug-likeness (QED) is 0.812. The smallest absolute Gasteiger partial charge is 0.0621 e. The van der Waals surface area contributed by atoms with E-state index in [1.165, 1.54) is 10.8 Å². The number of unbranched alkanes of at least 4 members (excludes halogenated alkanes) is 2. The van der Waals surface area contributed by atoms with Gasteiger partial charge in [0.2, 0.25) is 0 Å². The van der Waals surface area contributed by atoms with E-state index in [0.717, 1.165) is 29.5 Å². The lowest BCUT2D eigenvalue weighted by Crippen LogP contribution is -2.00. The summed E-state index contributed by atoms with van der Waals surface area (Å²) in [6, 6.07) is 14.8. The lowest BCUT2D eigenvalue weighted by atomic mass is 10.1. The van der Waals surface area contributed by atoms with Crippen molar-refractivity contribution in [1.29, 1.82) is 5.26 Å². The monoisotopic (exact) mass is 302 g/mol. The molecule has 0 spiro atoms. The zero-order chi connectivity index (χ0) is 12.8. The molecule has 0 amide bonds. The minimum Gasteiger partial charge on any atom is -0.385 e. The van der Waals surface area contributed by atoms with Crippen molar-refractivity contribution < 1.29 is 0 Å². The summed E-state index contributed by atoms with van der Waals surface area (Å²) in [5, 5.41) is 14.3. The summed E-state index contributed by atoms with van der Waals surface area (Å²) in [7, 11) is 0. The lowest BCUT2D eigenvalue weighted by Gasteiger charge is -2.07. The Morgan fingerprint density at radius 3 is 2.67 bits per heavy atom. The summed E-state index contributed by atoms with van der Waals surface area (Å²) >= 11 is 3.47. The number of rotatable bonds is 5. The minimum atomic E-state index is 0.646. The van der Waals surface area contributed by atoms with Crippen LogP contribution in [-0.4, -0.2) is 6.54 Å². The van der Waals surface area contributed by atoms with E-state index in [0.29, 0.717) is 6.42 Å². The van der Waals surface area contributed by atoms with Gasteiger partial charge in [-0.05, 0) is 47.9 Å². The number of nitriles is 1. The number of nitrogens with zero attached hydrogens (tertiary/aromatic N) is 1. The Kier molecular flexibility index (Phi) is 4.60. The Bertz CT molecular complexity index is 572. The van der Waals surface area contributed by atoms with Crippen molar-refractivity contribution in [3.8, 4) is 6.07 Å². The molecule has 0 aliphatic carbocycles. The summed E-state index contributed by atoms with van der Waals surface area (Å²) < 4.78 is 1.10. The molecule has 0 bridgehead atoms. The number of hydrogen-bond acceptors (Lipinski definition) is 2. The average molecular weight is 303 g/mol. The van der Waals surface area contributed by atoms with Crippen LogP contribution in [-0.2, 0) is 0 Å². The Labute approximate surface area is 116 Å². The standard InChI is InChI=1S/C15H15BrN2/c16-14-6-4-13-11-15(7-5-12(13)10-14)18-9-3-1-2-8-17/h4-7,10-11,18H,1-3,9H2. The number of fused-ring (bicyclic) bond motifs is 1. The third kappa shape index (κ3) is 3.48. The molecule has 2 rings (SSSR count). The molecule has 3 heteroatoms. The second kappa shape index (κ2) is 6.42. The van der Waals surface area contributed by atoms with Crippen molar-refractivity contribution in [2.45, 2.75) is 19.3 Å². The molecular weight excluding hydrogens is 288 g/mol. The predicted octanol–water partition coefficient (Wildman–Crippen LogP) is 4.71. The first-order valence-electron chi connectivity index (χ1n) is 6.10. The average Bonchev–Trinajstić information content (AvgIpc) is 2.38. The molecule has 0 unspecified atom stereocenters. The summed E-state index contributed by atoms with van der Waals surface area (Å²) in [6.07, 6.45) is 2.64. The largest absolute Gasteiger partial charge is 0.385 e. The summed E-state index contributed by atoms with van der Waals surface area (Å²) in [6.45, 7) is 0.920. The summed E-state index contributed by atoms with van der Waals surface area (Å²) in [4.78, 5) is 0. The van der Waals surface area contributed by atoms with E-state index in [2.05, 4.69) is 63.7 Å². The van der Waals surface area contributed by atoms with Gasteiger partial charge in [-0.2, -0.15) is 5.26 Å². The SMILES string of the molecule is N#CCCCCNc1ccc2cc(Br)ccc2c1. The highest BCUT2D eigenvalue weighted by molar-refractivity contribution is 9.10. The molecule has 18 heavy (non-hydrogen) atoms. The number of benzene rings is 2. The first-order valence-corrected chi connectivity index (χ1v) is 6.89. The third-order valence-electron chi connectivity index (χ3n) is 2.85. The molecular formula is C15H15BrN2. The number of anilines is 1. The maximum atomic E-state index is 8.45. The maximum Gasteiger partial charge on any atom is 0.0621 e. The summed E-state index contributed by atoms with van der Waals surface area (Å²) in [5.74, 6) is 0. The van der Waals surface area contributed by atoms with Gasteiger partial charge in [-0.3, -0.25) is 0 Å². The van der Waals surface area contributed by atoms with E-state index >= 15 is 0 Å². The van der Waals surface area contributed by atoms with E-state index in [9.17, 15) is 0 Å². The molecule has 2 nitrogen and oxygen atoms in total. The van der Waals surface area contributed by atoms with Crippen LogP contribution in [0.5, 0.6) is 0 Å². The zero-order valence-corrected chi connectivity index (χ0v) is 11.7. The normalized spacial score (nSPS) is 10.2. The highest BCUT2D eigenvalue weighted by Gasteiger charge is 1.97. The van der Waals surface area contributed by atoms with E-state index in [4.69, 9.17) is 5.26 Å². The van der Waals surface area contributed by atoms with E-state index in [1.807, 2.05) is 0 Å². The molecule has 0 saturated carbocycles. The van der Waals surface area contributed by atoms with Crippen LogP contribution in [0.3, 0.4) is 0 Å². The molecule has 0 fully saturated rings. The van der Waals surface area contributed by atoms with Gasteiger partial charge in [-0.1, -0.05) is 28.1 Å². The topological polar surface area (TPSA) is 35.8 Å². The first-order chi connectivity index (χ1) is 8.79. The van der Waals surface area contributed by atoms with Crippen LogP contribution in [0.15, 0.2) is 40.9 Å². The van der Waals surface area contributed by atoms with Crippen molar-refractivity contribution in [3.05, 3.63) is 40.9 Å². The first kappa shape index (κ1) is 12.9. The molecule has 0 aliphatic rings. The van der Waals surface area contributed by atoms with Gasteiger partial charge in [0.15, 0.2) is 0 Å². The van der Waals surface area contributed by atoms with Crippen LogP contribution in [0.4, 0.5) is 5.69 Å². The predicted molar refractivity (Wildman–Crippen MR) is 79.6 cm³/mol. The van der Waals surface area contributed by atoms with Gasteiger partial charge in [-0.25, -0.2) is 0 Å².